The van der Waals surface area contributed by atoms with Crippen LogP contribution in [0, 0.1) is 5.82 Å². The van der Waals surface area contributed by atoms with Gasteiger partial charge < -0.3 is 5.32 Å². The van der Waals surface area contributed by atoms with Crippen molar-refractivity contribution >= 4 is 15.9 Å². The molecule has 150 valence electrons. The quantitative estimate of drug-likeness (QED) is 0.772. The van der Waals surface area contributed by atoms with Crippen LogP contribution >= 0.6 is 0 Å². The van der Waals surface area contributed by atoms with Crippen LogP contribution in [-0.4, -0.2) is 45.4 Å². The number of sulfonamides is 1. The number of hydrogen-bond acceptors (Lipinski definition) is 4. The maximum absolute atomic E-state index is 14.1. The van der Waals surface area contributed by atoms with Gasteiger partial charge in [-0.05, 0) is 50.2 Å². The van der Waals surface area contributed by atoms with Crippen LogP contribution in [-0.2, 0) is 16.6 Å². The Morgan fingerprint density at radius 1 is 1.21 bits per heavy atom. The second kappa shape index (κ2) is 8.81. The Morgan fingerprint density at radius 3 is 2.68 bits per heavy atom. The number of nitrogens with one attached hydrogen (secondary N) is 2. The third-order valence-corrected chi connectivity index (χ3v) is 6.26. The Labute approximate surface area is 164 Å². The number of hydrogen-bond donors (Lipinski definition) is 2. The molecule has 1 atom stereocenters. The highest BCUT2D eigenvalue weighted by atomic mass is 32.2. The standard InChI is InChI=1S/C20H24FN3O3S/c1-22-28(26,27)17-9-10-19(21)18(12-17)20(25)23-16-8-5-11-24(14-16)13-15-6-3-2-4-7-15/h2-4,6-7,9-10,12,16,22H,5,8,11,13-14H2,1H3,(H,23,25). The molecule has 2 aromatic rings. The van der Waals surface area contributed by atoms with E-state index >= 15 is 0 Å². The predicted octanol–water partition coefficient (Wildman–Crippen LogP) is 2.13. The summed E-state index contributed by atoms with van der Waals surface area (Å²) >= 11 is 0. The van der Waals surface area contributed by atoms with E-state index in [1.807, 2.05) is 18.2 Å². The first-order valence-electron chi connectivity index (χ1n) is 9.19. The van der Waals surface area contributed by atoms with E-state index in [1.165, 1.54) is 12.6 Å². The van der Waals surface area contributed by atoms with Gasteiger partial charge in [0.25, 0.3) is 5.91 Å². The summed E-state index contributed by atoms with van der Waals surface area (Å²) in [6, 6.07) is 13.2. The van der Waals surface area contributed by atoms with Crippen molar-refractivity contribution in [3.63, 3.8) is 0 Å². The van der Waals surface area contributed by atoms with Gasteiger partial charge in [0.15, 0.2) is 0 Å². The minimum Gasteiger partial charge on any atom is -0.348 e. The molecule has 1 unspecified atom stereocenters. The first-order chi connectivity index (χ1) is 13.4. The summed E-state index contributed by atoms with van der Waals surface area (Å²) in [5, 5.41) is 2.85. The monoisotopic (exact) mass is 405 g/mol. The molecule has 8 heteroatoms. The van der Waals surface area contributed by atoms with Gasteiger partial charge in [-0.15, -0.1) is 0 Å². The molecular formula is C20H24FN3O3S. The molecule has 1 fully saturated rings. The van der Waals surface area contributed by atoms with E-state index in [0.717, 1.165) is 44.1 Å². The van der Waals surface area contributed by atoms with Gasteiger partial charge in [0.2, 0.25) is 10.0 Å². The van der Waals surface area contributed by atoms with E-state index in [2.05, 4.69) is 27.1 Å². The molecule has 1 heterocycles. The normalized spacial score (nSPS) is 18.0. The molecule has 1 aliphatic rings. The van der Waals surface area contributed by atoms with Crippen LogP contribution in [0.5, 0.6) is 0 Å². The van der Waals surface area contributed by atoms with Crippen LogP contribution in [0.3, 0.4) is 0 Å². The van der Waals surface area contributed by atoms with Crippen LogP contribution in [0.15, 0.2) is 53.4 Å². The van der Waals surface area contributed by atoms with Crippen LogP contribution in [0.2, 0.25) is 0 Å². The van der Waals surface area contributed by atoms with Gasteiger partial charge >= 0.3 is 0 Å². The highest BCUT2D eigenvalue weighted by molar-refractivity contribution is 7.89. The van der Waals surface area contributed by atoms with Crippen molar-refractivity contribution in [2.24, 2.45) is 0 Å². The molecule has 0 aliphatic carbocycles. The molecule has 28 heavy (non-hydrogen) atoms. The van der Waals surface area contributed by atoms with E-state index in [-0.39, 0.29) is 16.5 Å². The zero-order valence-electron chi connectivity index (χ0n) is 15.7. The Kier molecular flexibility index (Phi) is 6.43. The number of piperidine rings is 1. The fourth-order valence-corrected chi connectivity index (χ4v) is 4.14. The number of carbonyl (C=O) groups excluding carboxylic acids is 1. The van der Waals surface area contributed by atoms with Gasteiger partial charge in [-0.1, -0.05) is 30.3 Å². The maximum Gasteiger partial charge on any atom is 0.254 e. The molecule has 2 aromatic carbocycles. The van der Waals surface area contributed by atoms with Gasteiger partial charge in [0, 0.05) is 19.1 Å². The molecule has 1 saturated heterocycles. The Hall–Kier alpha value is -2.29. The molecule has 0 aromatic heterocycles. The molecule has 2 N–H and O–H groups in total. The molecule has 0 spiro atoms. The Balaban J connectivity index is 1.68. The lowest BCUT2D eigenvalue weighted by Gasteiger charge is -2.33. The number of nitrogens with zero attached hydrogens (tertiary/aromatic N) is 1. The second-order valence-corrected chi connectivity index (χ2v) is 8.77. The summed E-state index contributed by atoms with van der Waals surface area (Å²) in [6.07, 6.45) is 1.72. The molecule has 0 saturated carbocycles. The number of amides is 1. The molecular weight excluding hydrogens is 381 g/mol. The molecule has 1 aliphatic heterocycles. The van der Waals surface area contributed by atoms with Crippen molar-refractivity contribution in [2.75, 3.05) is 20.1 Å². The topological polar surface area (TPSA) is 78.5 Å². The van der Waals surface area contributed by atoms with Crippen molar-refractivity contribution < 1.29 is 17.6 Å². The largest absolute Gasteiger partial charge is 0.348 e. The highest BCUT2D eigenvalue weighted by Gasteiger charge is 2.24. The van der Waals surface area contributed by atoms with Crippen molar-refractivity contribution in [3.05, 3.63) is 65.5 Å². The van der Waals surface area contributed by atoms with Gasteiger partial charge in [-0.3, -0.25) is 9.69 Å². The fourth-order valence-electron chi connectivity index (χ4n) is 3.39. The van der Waals surface area contributed by atoms with E-state index in [4.69, 9.17) is 0 Å². The third-order valence-electron chi connectivity index (χ3n) is 4.85. The van der Waals surface area contributed by atoms with Crippen molar-refractivity contribution in [1.29, 1.82) is 0 Å². The zero-order chi connectivity index (χ0) is 20.1. The first kappa shape index (κ1) is 20.4. The maximum atomic E-state index is 14.1. The van der Waals surface area contributed by atoms with Crippen LogP contribution in [0.1, 0.15) is 28.8 Å². The average Bonchev–Trinajstić information content (AvgIpc) is 2.69. The zero-order valence-corrected chi connectivity index (χ0v) is 16.5. The minimum absolute atomic E-state index is 0.117. The average molecular weight is 405 g/mol. The fraction of sp³-hybridized carbons (Fsp3) is 0.350. The number of benzene rings is 2. The van der Waals surface area contributed by atoms with Crippen molar-refractivity contribution in [3.8, 4) is 0 Å². The number of rotatable bonds is 6. The lowest BCUT2D eigenvalue weighted by Crippen LogP contribution is -2.47. The lowest BCUT2D eigenvalue weighted by molar-refractivity contribution is 0.0896. The number of halogens is 1. The Morgan fingerprint density at radius 2 is 1.96 bits per heavy atom. The minimum atomic E-state index is -3.75. The summed E-state index contributed by atoms with van der Waals surface area (Å²) in [4.78, 5) is 14.7. The van der Waals surface area contributed by atoms with Crippen molar-refractivity contribution in [2.45, 2.75) is 30.3 Å². The summed E-state index contributed by atoms with van der Waals surface area (Å²) < 4.78 is 40.2. The van der Waals surface area contributed by atoms with Gasteiger partial charge in [0.1, 0.15) is 5.82 Å². The smallest absolute Gasteiger partial charge is 0.254 e. The van der Waals surface area contributed by atoms with Crippen LogP contribution in [0.25, 0.3) is 0 Å². The van der Waals surface area contributed by atoms with Gasteiger partial charge in [-0.25, -0.2) is 17.5 Å². The summed E-state index contributed by atoms with van der Waals surface area (Å²) in [5.41, 5.74) is 0.932. The molecule has 0 radical (unpaired) electrons. The summed E-state index contributed by atoms with van der Waals surface area (Å²) in [7, 11) is -2.49. The molecule has 6 nitrogen and oxygen atoms in total. The van der Waals surface area contributed by atoms with E-state index in [0.29, 0.717) is 6.54 Å². The van der Waals surface area contributed by atoms with Gasteiger partial charge in [0.05, 0.1) is 10.5 Å². The summed E-state index contributed by atoms with van der Waals surface area (Å²) in [5.74, 6) is -1.35. The molecule has 0 bridgehead atoms. The van der Waals surface area contributed by atoms with Crippen LogP contribution in [0.4, 0.5) is 4.39 Å². The van der Waals surface area contributed by atoms with E-state index in [9.17, 15) is 17.6 Å². The number of carbonyl (C=O) groups is 1. The second-order valence-electron chi connectivity index (χ2n) is 6.88. The molecule has 3 rings (SSSR count). The Bertz CT molecular complexity index is 935. The lowest BCUT2D eigenvalue weighted by atomic mass is 10.0. The first-order valence-corrected chi connectivity index (χ1v) is 10.7. The van der Waals surface area contributed by atoms with E-state index in [1.54, 1.807) is 0 Å². The SMILES string of the molecule is CNS(=O)(=O)c1ccc(F)c(C(=O)NC2CCCN(Cc3ccccc3)C2)c1. The van der Waals surface area contributed by atoms with Gasteiger partial charge in [-0.2, -0.15) is 0 Å². The van der Waals surface area contributed by atoms with Crippen molar-refractivity contribution in [1.82, 2.24) is 14.9 Å². The summed E-state index contributed by atoms with van der Waals surface area (Å²) in [6.45, 7) is 2.39. The van der Waals surface area contributed by atoms with Crippen LogP contribution < -0.4 is 10.0 Å². The third kappa shape index (κ3) is 4.95. The predicted molar refractivity (Wildman–Crippen MR) is 105 cm³/mol. The highest BCUT2D eigenvalue weighted by Crippen LogP contribution is 2.17. The molecule has 1 amide bonds. The number of likely N-dealkylation sites (tertiary alicyclic amines) is 1. The van der Waals surface area contributed by atoms with E-state index < -0.39 is 21.7 Å².